The summed E-state index contributed by atoms with van der Waals surface area (Å²) in [5.74, 6) is -0.847. The second kappa shape index (κ2) is 10.6. The number of benzene rings is 1. The Kier molecular flexibility index (Phi) is 8.06. The monoisotopic (exact) mass is 522 g/mol. The van der Waals surface area contributed by atoms with Crippen molar-refractivity contribution < 1.29 is 33.6 Å². The zero-order valence-corrected chi connectivity index (χ0v) is 22.6. The quantitative estimate of drug-likeness (QED) is 0.378. The number of carbonyl (C=O) groups excluding carboxylic acids is 2. The summed E-state index contributed by atoms with van der Waals surface area (Å²) in [4.78, 5) is 25.7. The normalized spacial score (nSPS) is 36.8. The van der Waals surface area contributed by atoms with Gasteiger partial charge in [0.05, 0.1) is 0 Å². The maximum atomic E-state index is 13.6. The number of hydrogen-bond acceptors (Lipinski definition) is 7. The van der Waals surface area contributed by atoms with Gasteiger partial charge >= 0.3 is 11.9 Å². The fourth-order valence-electron chi connectivity index (χ4n) is 6.93. The molecular formula is C28H39ClO7. The summed E-state index contributed by atoms with van der Waals surface area (Å²) in [6.45, 7) is 9.86. The molecule has 0 aromatic heterocycles. The maximum Gasteiger partial charge on any atom is 0.332 e. The van der Waals surface area contributed by atoms with E-state index < -0.39 is 53.4 Å². The molecule has 36 heavy (non-hydrogen) atoms. The molecule has 2 bridgehead atoms. The average molecular weight is 523 g/mol. The first-order valence-electron chi connectivity index (χ1n) is 13.1. The van der Waals surface area contributed by atoms with Gasteiger partial charge in [-0.3, -0.25) is 4.79 Å². The van der Waals surface area contributed by atoms with Crippen LogP contribution in [0.2, 0.25) is 0 Å². The SMILES string of the molecule is CCOC(c1ccccc1)C(Cl)C(=O)OC1C2C(C)CCC2C2(C)OC1(C(C)C)CC2OC(=O)CO. The molecule has 1 saturated carbocycles. The number of fused-ring (bicyclic) bond motifs is 4. The Morgan fingerprint density at radius 1 is 1.19 bits per heavy atom. The van der Waals surface area contributed by atoms with Crippen LogP contribution in [0.5, 0.6) is 0 Å². The summed E-state index contributed by atoms with van der Waals surface area (Å²) in [6, 6.07) is 9.45. The molecule has 1 aliphatic carbocycles. The predicted octanol–water partition coefficient (Wildman–Crippen LogP) is 4.44. The third-order valence-corrected chi connectivity index (χ3v) is 9.17. The number of aliphatic hydroxyl groups is 1. The predicted molar refractivity (Wildman–Crippen MR) is 134 cm³/mol. The molecule has 7 nitrogen and oxygen atoms in total. The summed E-state index contributed by atoms with van der Waals surface area (Å²) in [6.07, 6.45) is 0.519. The topological polar surface area (TPSA) is 91.3 Å². The minimum atomic E-state index is -1.04. The van der Waals surface area contributed by atoms with Crippen molar-refractivity contribution in [2.45, 2.75) is 88.8 Å². The van der Waals surface area contributed by atoms with E-state index in [0.717, 1.165) is 18.4 Å². The van der Waals surface area contributed by atoms with E-state index in [4.69, 9.17) is 30.5 Å². The zero-order valence-electron chi connectivity index (χ0n) is 21.8. The Bertz CT molecular complexity index is 939. The minimum Gasteiger partial charge on any atom is -0.458 e. The van der Waals surface area contributed by atoms with E-state index in [2.05, 4.69) is 6.92 Å². The second-order valence-corrected chi connectivity index (χ2v) is 11.5. The molecule has 9 unspecified atom stereocenters. The first-order valence-corrected chi connectivity index (χ1v) is 13.5. The average Bonchev–Trinajstić information content (AvgIpc) is 3.38. The van der Waals surface area contributed by atoms with Crippen LogP contribution in [-0.4, -0.2) is 59.0 Å². The Hall–Kier alpha value is -1.67. The van der Waals surface area contributed by atoms with Crippen molar-refractivity contribution in [2.75, 3.05) is 13.2 Å². The molecule has 1 aromatic rings. The lowest BCUT2D eigenvalue weighted by molar-refractivity contribution is -0.266. The van der Waals surface area contributed by atoms with E-state index >= 15 is 0 Å². The van der Waals surface area contributed by atoms with Crippen LogP contribution in [0.25, 0.3) is 0 Å². The van der Waals surface area contributed by atoms with Gasteiger partial charge in [0.25, 0.3) is 0 Å². The van der Waals surface area contributed by atoms with Crippen LogP contribution < -0.4 is 0 Å². The standard InChI is InChI=1S/C28H39ClO7/c1-6-33-24(18-10-8-7-9-11-18)23(29)26(32)35-25-22-17(4)12-13-19(22)27(5)20(34-21(31)15-30)14-28(25,36-27)16(2)3/h7-11,16-17,19-20,22-25,30H,6,12-15H2,1-5H3. The van der Waals surface area contributed by atoms with Gasteiger partial charge in [-0.15, -0.1) is 11.6 Å². The van der Waals surface area contributed by atoms with Crippen molar-refractivity contribution >= 4 is 23.5 Å². The van der Waals surface area contributed by atoms with E-state index in [1.165, 1.54) is 0 Å². The molecule has 2 heterocycles. The highest BCUT2D eigenvalue weighted by Crippen LogP contribution is 2.63. The van der Waals surface area contributed by atoms with Crippen molar-refractivity contribution in [1.82, 2.24) is 0 Å². The van der Waals surface area contributed by atoms with Crippen molar-refractivity contribution in [2.24, 2.45) is 23.7 Å². The van der Waals surface area contributed by atoms with Gasteiger partial charge in [0, 0.05) is 18.9 Å². The number of esters is 2. The van der Waals surface area contributed by atoms with E-state index in [9.17, 15) is 14.7 Å². The largest absolute Gasteiger partial charge is 0.458 e. The van der Waals surface area contributed by atoms with Crippen molar-refractivity contribution in [1.29, 1.82) is 0 Å². The summed E-state index contributed by atoms with van der Waals surface area (Å²) < 4.78 is 24.8. The van der Waals surface area contributed by atoms with E-state index in [1.807, 2.05) is 58.0 Å². The van der Waals surface area contributed by atoms with Crippen molar-refractivity contribution in [3.05, 3.63) is 35.9 Å². The van der Waals surface area contributed by atoms with Gasteiger partial charge < -0.3 is 24.1 Å². The van der Waals surface area contributed by atoms with Gasteiger partial charge in [-0.1, -0.05) is 51.1 Å². The summed E-state index contributed by atoms with van der Waals surface area (Å²) in [7, 11) is 0. The molecule has 3 aliphatic rings. The first-order chi connectivity index (χ1) is 17.1. The van der Waals surface area contributed by atoms with Gasteiger partial charge in [-0.25, -0.2) is 4.79 Å². The number of halogens is 1. The van der Waals surface area contributed by atoms with Crippen LogP contribution in [0.15, 0.2) is 30.3 Å². The number of hydrogen-bond donors (Lipinski definition) is 1. The molecule has 9 atom stereocenters. The van der Waals surface area contributed by atoms with Crippen molar-refractivity contribution in [3.8, 4) is 0 Å². The first kappa shape index (κ1) is 27.4. The molecule has 0 radical (unpaired) electrons. The molecule has 4 rings (SSSR count). The molecule has 1 N–H and O–H groups in total. The Balaban J connectivity index is 1.67. The lowest BCUT2D eigenvalue weighted by Crippen LogP contribution is -2.62. The smallest absolute Gasteiger partial charge is 0.332 e. The zero-order chi connectivity index (χ0) is 26.3. The lowest BCUT2D eigenvalue weighted by Gasteiger charge is -2.53. The fourth-order valence-corrected chi connectivity index (χ4v) is 7.20. The molecule has 0 spiro atoms. The molecule has 2 saturated heterocycles. The third kappa shape index (κ3) is 4.57. The third-order valence-electron chi connectivity index (χ3n) is 8.76. The highest BCUT2D eigenvalue weighted by molar-refractivity contribution is 6.30. The molecule has 2 aliphatic heterocycles. The number of carbonyl (C=O) groups is 2. The summed E-state index contributed by atoms with van der Waals surface area (Å²) in [5.41, 5.74) is -0.743. The van der Waals surface area contributed by atoms with Gasteiger partial charge in [0.2, 0.25) is 0 Å². The Morgan fingerprint density at radius 3 is 2.50 bits per heavy atom. The number of alkyl halides is 1. The van der Waals surface area contributed by atoms with Crippen molar-refractivity contribution in [3.63, 3.8) is 0 Å². The lowest BCUT2D eigenvalue weighted by atomic mass is 9.69. The molecule has 1 aromatic carbocycles. The molecule has 3 fully saturated rings. The van der Waals surface area contributed by atoms with Gasteiger partial charge in [0.15, 0.2) is 5.38 Å². The van der Waals surface area contributed by atoms with E-state index in [-0.39, 0.29) is 17.8 Å². The van der Waals surface area contributed by atoms with Gasteiger partial charge in [-0.05, 0) is 50.0 Å². The van der Waals surface area contributed by atoms with E-state index in [1.54, 1.807) is 0 Å². The van der Waals surface area contributed by atoms with Gasteiger partial charge in [-0.2, -0.15) is 0 Å². The number of aliphatic hydroxyl groups excluding tert-OH is 1. The van der Waals surface area contributed by atoms with Crippen LogP contribution in [-0.2, 0) is 28.5 Å². The van der Waals surface area contributed by atoms with Crippen LogP contribution in [0.3, 0.4) is 0 Å². The Labute approximate surface area is 218 Å². The number of ether oxygens (including phenoxy) is 4. The molecule has 8 heteroatoms. The highest BCUT2D eigenvalue weighted by Gasteiger charge is 2.72. The molecular weight excluding hydrogens is 484 g/mol. The Morgan fingerprint density at radius 2 is 1.89 bits per heavy atom. The minimum absolute atomic E-state index is 0.0215. The van der Waals surface area contributed by atoms with Crippen LogP contribution in [0, 0.1) is 23.7 Å². The maximum absolute atomic E-state index is 13.6. The van der Waals surface area contributed by atoms with Crippen LogP contribution in [0.1, 0.15) is 65.5 Å². The van der Waals surface area contributed by atoms with Gasteiger partial charge in [0.1, 0.15) is 36.1 Å². The number of rotatable bonds is 9. The second-order valence-electron chi connectivity index (χ2n) is 11.0. The fraction of sp³-hybridized carbons (Fsp3) is 0.714. The summed E-state index contributed by atoms with van der Waals surface area (Å²) in [5, 5.41) is 8.30. The highest BCUT2D eigenvalue weighted by atomic mass is 35.5. The van der Waals surface area contributed by atoms with Crippen LogP contribution in [0.4, 0.5) is 0 Å². The van der Waals surface area contributed by atoms with Crippen LogP contribution >= 0.6 is 11.6 Å². The summed E-state index contributed by atoms with van der Waals surface area (Å²) >= 11 is 6.74. The molecule has 0 amide bonds. The van der Waals surface area contributed by atoms with E-state index in [0.29, 0.717) is 18.9 Å². The molecule has 200 valence electrons.